The molecule has 7 nitrogen and oxygen atoms in total. The summed E-state index contributed by atoms with van der Waals surface area (Å²) in [6.45, 7) is 1.30. The van der Waals surface area contributed by atoms with Gasteiger partial charge in [0, 0.05) is 25.3 Å². The van der Waals surface area contributed by atoms with Crippen molar-refractivity contribution in [2.75, 3.05) is 20.3 Å². The van der Waals surface area contributed by atoms with Crippen LogP contribution in [-0.2, 0) is 4.74 Å². The Labute approximate surface area is 116 Å². The number of hydrogen-bond donors (Lipinski definition) is 2. The SMILES string of the molecule is COc1cc([C@@H](N)C2CCOCC2)cc([N+](=O)[O-])c1O. The number of hydrogen-bond acceptors (Lipinski definition) is 6. The molecule has 0 aromatic heterocycles. The number of nitrogens with two attached hydrogens (primary N) is 1. The number of benzene rings is 1. The second kappa shape index (κ2) is 6.06. The number of methoxy groups -OCH3 is 1. The summed E-state index contributed by atoms with van der Waals surface area (Å²) in [4.78, 5) is 10.3. The first-order chi connectivity index (χ1) is 9.54. The Kier molecular flexibility index (Phi) is 4.41. The van der Waals surface area contributed by atoms with Crippen molar-refractivity contribution in [2.24, 2.45) is 11.7 Å². The van der Waals surface area contributed by atoms with Crippen LogP contribution in [0.1, 0.15) is 24.4 Å². The van der Waals surface area contributed by atoms with Crippen LogP contribution in [0.25, 0.3) is 0 Å². The van der Waals surface area contributed by atoms with Gasteiger partial charge >= 0.3 is 5.69 Å². The first kappa shape index (κ1) is 14.5. The quantitative estimate of drug-likeness (QED) is 0.643. The summed E-state index contributed by atoms with van der Waals surface area (Å²) >= 11 is 0. The number of aromatic hydroxyl groups is 1. The van der Waals surface area contributed by atoms with E-state index >= 15 is 0 Å². The Balaban J connectivity index is 2.35. The molecule has 1 aliphatic heterocycles. The fourth-order valence-electron chi connectivity index (χ4n) is 2.45. The predicted octanol–water partition coefficient (Wildman–Crippen LogP) is 1.74. The lowest BCUT2D eigenvalue weighted by Crippen LogP contribution is -2.27. The number of nitrogens with zero attached hydrogens (tertiary/aromatic N) is 1. The molecule has 0 saturated carbocycles. The standard InChI is InChI=1S/C13H18N2O5/c1-19-11-7-9(6-10(13(11)16)15(17)18)12(14)8-2-4-20-5-3-8/h6-8,12,16H,2-5,14H2,1H3/t12-/m0/s1. The van der Waals surface area contributed by atoms with E-state index in [0.717, 1.165) is 12.8 Å². The van der Waals surface area contributed by atoms with E-state index in [0.29, 0.717) is 18.8 Å². The molecule has 0 unspecified atom stereocenters. The summed E-state index contributed by atoms with van der Waals surface area (Å²) in [7, 11) is 1.35. The number of phenolic OH excluding ortho intramolecular Hbond substituents is 1. The van der Waals surface area contributed by atoms with Gasteiger partial charge in [0.1, 0.15) is 0 Å². The Hall–Kier alpha value is -1.86. The van der Waals surface area contributed by atoms with Crippen LogP contribution >= 0.6 is 0 Å². The molecule has 7 heteroatoms. The van der Waals surface area contributed by atoms with E-state index in [1.807, 2.05) is 0 Å². The van der Waals surface area contributed by atoms with Gasteiger partial charge in [0.05, 0.1) is 12.0 Å². The minimum absolute atomic E-state index is 0.0664. The fraction of sp³-hybridized carbons (Fsp3) is 0.538. The monoisotopic (exact) mass is 282 g/mol. The van der Waals surface area contributed by atoms with Crippen LogP contribution in [-0.4, -0.2) is 30.4 Å². The number of rotatable bonds is 4. The lowest BCUT2D eigenvalue weighted by molar-refractivity contribution is -0.386. The molecule has 0 spiro atoms. The molecule has 1 aromatic rings. The predicted molar refractivity (Wildman–Crippen MR) is 71.8 cm³/mol. The van der Waals surface area contributed by atoms with E-state index in [9.17, 15) is 15.2 Å². The largest absolute Gasteiger partial charge is 0.500 e. The minimum Gasteiger partial charge on any atom is -0.500 e. The van der Waals surface area contributed by atoms with E-state index in [1.165, 1.54) is 13.2 Å². The van der Waals surface area contributed by atoms with Gasteiger partial charge in [0.15, 0.2) is 5.75 Å². The maximum absolute atomic E-state index is 11.0. The highest BCUT2D eigenvalue weighted by Gasteiger charge is 2.27. The highest BCUT2D eigenvalue weighted by molar-refractivity contribution is 5.57. The molecule has 0 radical (unpaired) electrons. The third-order valence-electron chi connectivity index (χ3n) is 3.65. The zero-order valence-electron chi connectivity index (χ0n) is 11.2. The first-order valence-corrected chi connectivity index (χ1v) is 6.43. The van der Waals surface area contributed by atoms with Crippen LogP contribution < -0.4 is 10.5 Å². The third kappa shape index (κ3) is 2.83. The minimum atomic E-state index is -0.641. The van der Waals surface area contributed by atoms with Gasteiger partial charge in [-0.05, 0) is 30.4 Å². The molecule has 20 heavy (non-hydrogen) atoms. The highest BCUT2D eigenvalue weighted by atomic mass is 16.6. The van der Waals surface area contributed by atoms with Crippen molar-refractivity contribution in [3.05, 3.63) is 27.8 Å². The number of phenols is 1. The molecule has 110 valence electrons. The molecule has 1 aliphatic rings. The molecular formula is C13H18N2O5. The Morgan fingerprint density at radius 2 is 2.15 bits per heavy atom. The zero-order chi connectivity index (χ0) is 14.7. The molecule has 3 N–H and O–H groups in total. The fourth-order valence-corrected chi connectivity index (χ4v) is 2.45. The summed E-state index contributed by atoms with van der Waals surface area (Å²) in [6, 6.07) is 2.53. The molecular weight excluding hydrogens is 264 g/mol. The van der Waals surface area contributed by atoms with Gasteiger partial charge in [-0.3, -0.25) is 10.1 Å². The van der Waals surface area contributed by atoms with Crippen molar-refractivity contribution in [1.29, 1.82) is 0 Å². The van der Waals surface area contributed by atoms with E-state index < -0.39 is 10.7 Å². The maximum atomic E-state index is 11.0. The number of nitro groups is 1. The first-order valence-electron chi connectivity index (χ1n) is 6.43. The molecule has 1 fully saturated rings. The number of ether oxygens (including phenoxy) is 2. The maximum Gasteiger partial charge on any atom is 0.314 e. The summed E-state index contributed by atoms with van der Waals surface area (Å²) in [5.41, 5.74) is 6.41. The number of nitro benzene ring substituents is 1. The van der Waals surface area contributed by atoms with Gasteiger partial charge in [0.2, 0.25) is 5.75 Å². The lowest BCUT2D eigenvalue weighted by atomic mass is 9.87. The Bertz CT molecular complexity index is 500. The average molecular weight is 282 g/mol. The Morgan fingerprint density at radius 1 is 1.50 bits per heavy atom. The van der Waals surface area contributed by atoms with Crippen molar-refractivity contribution in [2.45, 2.75) is 18.9 Å². The summed E-state index contributed by atoms with van der Waals surface area (Å²) < 4.78 is 10.3. The van der Waals surface area contributed by atoms with E-state index in [2.05, 4.69) is 0 Å². The van der Waals surface area contributed by atoms with Crippen molar-refractivity contribution in [3.8, 4) is 11.5 Å². The summed E-state index contributed by atoms with van der Waals surface area (Å²) in [5.74, 6) is -0.199. The van der Waals surface area contributed by atoms with Gasteiger partial charge in [0.25, 0.3) is 0 Å². The van der Waals surface area contributed by atoms with Crippen molar-refractivity contribution in [1.82, 2.24) is 0 Å². The van der Waals surface area contributed by atoms with Gasteiger partial charge < -0.3 is 20.3 Å². The van der Waals surface area contributed by atoms with Crippen LogP contribution in [0.3, 0.4) is 0 Å². The Morgan fingerprint density at radius 3 is 2.70 bits per heavy atom. The highest BCUT2D eigenvalue weighted by Crippen LogP contribution is 2.40. The van der Waals surface area contributed by atoms with Crippen LogP contribution in [0.15, 0.2) is 12.1 Å². The molecule has 1 heterocycles. The van der Waals surface area contributed by atoms with Gasteiger partial charge in [-0.2, -0.15) is 0 Å². The molecule has 0 bridgehead atoms. The molecule has 1 aromatic carbocycles. The third-order valence-corrected chi connectivity index (χ3v) is 3.65. The van der Waals surface area contributed by atoms with Crippen molar-refractivity contribution < 1.29 is 19.5 Å². The molecule has 0 amide bonds. The van der Waals surface area contributed by atoms with Crippen molar-refractivity contribution >= 4 is 5.69 Å². The normalized spacial score (nSPS) is 17.7. The van der Waals surface area contributed by atoms with Crippen LogP contribution in [0.5, 0.6) is 11.5 Å². The second-order valence-corrected chi connectivity index (χ2v) is 4.82. The average Bonchev–Trinajstić information content (AvgIpc) is 2.47. The van der Waals surface area contributed by atoms with Crippen LogP contribution in [0.2, 0.25) is 0 Å². The van der Waals surface area contributed by atoms with Gasteiger partial charge in [-0.15, -0.1) is 0 Å². The van der Waals surface area contributed by atoms with Crippen LogP contribution in [0, 0.1) is 16.0 Å². The molecule has 0 aliphatic carbocycles. The van der Waals surface area contributed by atoms with E-state index in [4.69, 9.17) is 15.2 Å². The lowest BCUT2D eigenvalue weighted by Gasteiger charge is -2.28. The smallest absolute Gasteiger partial charge is 0.314 e. The van der Waals surface area contributed by atoms with E-state index in [1.54, 1.807) is 6.07 Å². The zero-order valence-corrected chi connectivity index (χ0v) is 11.2. The molecule has 2 rings (SSSR count). The van der Waals surface area contributed by atoms with Crippen molar-refractivity contribution in [3.63, 3.8) is 0 Å². The summed E-state index contributed by atoms with van der Waals surface area (Å²) in [6.07, 6.45) is 1.64. The molecule has 1 saturated heterocycles. The van der Waals surface area contributed by atoms with Crippen LogP contribution in [0.4, 0.5) is 5.69 Å². The topological polar surface area (TPSA) is 108 Å². The molecule has 1 atom stereocenters. The van der Waals surface area contributed by atoms with E-state index in [-0.39, 0.29) is 23.4 Å². The second-order valence-electron chi connectivity index (χ2n) is 4.82. The summed E-state index contributed by atoms with van der Waals surface area (Å²) in [5, 5.41) is 20.7. The van der Waals surface area contributed by atoms with Gasteiger partial charge in [-0.25, -0.2) is 0 Å². The van der Waals surface area contributed by atoms with Gasteiger partial charge in [-0.1, -0.05) is 0 Å².